The van der Waals surface area contributed by atoms with Gasteiger partial charge in [-0.15, -0.1) is 0 Å². The Labute approximate surface area is 74.2 Å². The zero-order valence-electron chi connectivity index (χ0n) is 7.88. The van der Waals surface area contributed by atoms with Crippen LogP contribution in [-0.2, 0) is 0 Å². The molecule has 0 atom stereocenters. The molecule has 0 amide bonds. The molecule has 0 aliphatic carbocycles. The van der Waals surface area contributed by atoms with Gasteiger partial charge in [0.1, 0.15) is 0 Å². The van der Waals surface area contributed by atoms with Crippen LogP contribution < -0.4 is 0 Å². The summed E-state index contributed by atoms with van der Waals surface area (Å²) in [5, 5.41) is 17.4. The molecule has 0 aromatic rings. The molecular weight excluding hydrogens is 152 g/mol. The third-order valence-electron chi connectivity index (χ3n) is 1.57. The standard InChI is InChI=1S/C10H18O2/c1-9(2)4-3-5-10(8-12)6-7-11/h4-5,11-12H,3,6-8H2,1-2H3/b10-5+. The summed E-state index contributed by atoms with van der Waals surface area (Å²) in [5.41, 5.74) is 2.18. The maximum Gasteiger partial charge on any atom is 0.0642 e. The van der Waals surface area contributed by atoms with Gasteiger partial charge in [-0.3, -0.25) is 0 Å². The van der Waals surface area contributed by atoms with E-state index in [0.29, 0.717) is 6.42 Å². The summed E-state index contributed by atoms with van der Waals surface area (Å²) < 4.78 is 0. The van der Waals surface area contributed by atoms with Gasteiger partial charge >= 0.3 is 0 Å². The Hall–Kier alpha value is -0.600. The van der Waals surface area contributed by atoms with E-state index in [1.165, 1.54) is 5.57 Å². The molecular formula is C10H18O2. The van der Waals surface area contributed by atoms with E-state index in [1.807, 2.05) is 19.9 Å². The van der Waals surface area contributed by atoms with Crippen LogP contribution in [0.15, 0.2) is 23.3 Å². The number of aliphatic hydroxyl groups excluding tert-OH is 2. The second kappa shape index (κ2) is 7.07. The monoisotopic (exact) mass is 170 g/mol. The quantitative estimate of drug-likeness (QED) is 0.616. The van der Waals surface area contributed by atoms with Crippen LogP contribution in [0.2, 0.25) is 0 Å². The molecule has 0 bridgehead atoms. The Morgan fingerprint density at radius 2 is 1.83 bits per heavy atom. The Balaban J connectivity index is 3.85. The summed E-state index contributed by atoms with van der Waals surface area (Å²) in [6.07, 6.45) is 5.47. The highest BCUT2D eigenvalue weighted by molar-refractivity contribution is 5.07. The first-order chi connectivity index (χ1) is 5.70. The number of aliphatic hydroxyl groups is 2. The van der Waals surface area contributed by atoms with Crippen LogP contribution in [0.1, 0.15) is 26.7 Å². The first-order valence-corrected chi connectivity index (χ1v) is 4.23. The predicted molar refractivity (Wildman–Crippen MR) is 50.9 cm³/mol. The molecule has 0 aromatic heterocycles. The van der Waals surface area contributed by atoms with Gasteiger partial charge in [-0.05, 0) is 32.3 Å². The van der Waals surface area contributed by atoms with E-state index in [2.05, 4.69) is 6.08 Å². The molecule has 2 heteroatoms. The third kappa shape index (κ3) is 6.13. The minimum Gasteiger partial charge on any atom is -0.396 e. The smallest absolute Gasteiger partial charge is 0.0642 e. The second-order valence-corrected chi connectivity index (χ2v) is 3.01. The van der Waals surface area contributed by atoms with Crippen LogP contribution in [-0.4, -0.2) is 23.4 Å². The number of hydrogen-bond donors (Lipinski definition) is 2. The van der Waals surface area contributed by atoms with Crippen molar-refractivity contribution in [1.82, 2.24) is 0 Å². The average Bonchev–Trinajstić information content (AvgIpc) is 2.02. The van der Waals surface area contributed by atoms with Gasteiger partial charge < -0.3 is 10.2 Å². The summed E-state index contributed by atoms with van der Waals surface area (Å²) in [5.74, 6) is 0. The molecule has 0 heterocycles. The normalized spacial score (nSPS) is 11.5. The number of allylic oxidation sites excluding steroid dienone is 3. The van der Waals surface area contributed by atoms with Crippen LogP contribution in [0.5, 0.6) is 0 Å². The summed E-state index contributed by atoms with van der Waals surface area (Å²) in [7, 11) is 0. The summed E-state index contributed by atoms with van der Waals surface area (Å²) >= 11 is 0. The topological polar surface area (TPSA) is 40.5 Å². The zero-order valence-corrected chi connectivity index (χ0v) is 7.88. The van der Waals surface area contributed by atoms with Crippen molar-refractivity contribution >= 4 is 0 Å². The predicted octanol–water partition coefficient (Wildman–Crippen LogP) is 1.64. The summed E-state index contributed by atoms with van der Waals surface area (Å²) in [4.78, 5) is 0. The molecule has 0 saturated carbocycles. The van der Waals surface area contributed by atoms with E-state index < -0.39 is 0 Å². The molecule has 0 fully saturated rings. The van der Waals surface area contributed by atoms with E-state index in [4.69, 9.17) is 10.2 Å². The Kier molecular flexibility index (Phi) is 6.72. The van der Waals surface area contributed by atoms with E-state index in [-0.39, 0.29) is 13.2 Å². The average molecular weight is 170 g/mol. The van der Waals surface area contributed by atoms with Crippen molar-refractivity contribution in [1.29, 1.82) is 0 Å². The summed E-state index contributed by atoms with van der Waals surface area (Å²) in [6, 6.07) is 0. The molecule has 0 saturated heterocycles. The number of hydrogen-bond acceptors (Lipinski definition) is 2. The van der Waals surface area contributed by atoms with Gasteiger partial charge in [0.2, 0.25) is 0 Å². The van der Waals surface area contributed by atoms with Crippen LogP contribution >= 0.6 is 0 Å². The van der Waals surface area contributed by atoms with Crippen molar-refractivity contribution < 1.29 is 10.2 Å². The molecule has 0 aliphatic heterocycles. The van der Waals surface area contributed by atoms with Gasteiger partial charge in [0.15, 0.2) is 0 Å². The lowest BCUT2D eigenvalue weighted by Gasteiger charge is -1.99. The number of rotatable bonds is 5. The van der Waals surface area contributed by atoms with Crippen molar-refractivity contribution in [3.63, 3.8) is 0 Å². The molecule has 0 radical (unpaired) electrons. The van der Waals surface area contributed by atoms with E-state index in [9.17, 15) is 0 Å². The lowest BCUT2D eigenvalue weighted by Crippen LogP contribution is -1.93. The fraction of sp³-hybridized carbons (Fsp3) is 0.600. The van der Waals surface area contributed by atoms with Gasteiger partial charge in [-0.2, -0.15) is 0 Å². The van der Waals surface area contributed by atoms with Crippen molar-refractivity contribution in [3.8, 4) is 0 Å². The Morgan fingerprint density at radius 3 is 2.25 bits per heavy atom. The van der Waals surface area contributed by atoms with Crippen molar-refractivity contribution in [2.45, 2.75) is 26.7 Å². The minimum atomic E-state index is 0.0527. The third-order valence-corrected chi connectivity index (χ3v) is 1.57. The highest BCUT2D eigenvalue weighted by Gasteiger charge is 1.91. The van der Waals surface area contributed by atoms with Crippen LogP contribution in [0.4, 0.5) is 0 Å². The van der Waals surface area contributed by atoms with Crippen molar-refractivity contribution in [3.05, 3.63) is 23.3 Å². The van der Waals surface area contributed by atoms with Gasteiger partial charge in [-0.25, -0.2) is 0 Å². The molecule has 0 rings (SSSR count). The van der Waals surface area contributed by atoms with Gasteiger partial charge in [0, 0.05) is 6.61 Å². The van der Waals surface area contributed by atoms with E-state index in [1.54, 1.807) is 0 Å². The lowest BCUT2D eigenvalue weighted by atomic mass is 10.1. The van der Waals surface area contributed by atoms with E-state index in [0.717, 1.165) is 12.0 Å². The highest BCUT2D eigenvalue weighted by Crippen LogP contribution is 2.02. The van der Waals surface area contributed by atoms with Crippen molar-refractivity contribution in [2.24, 2.45) is 0 Å². The molecule has 0 spiro atoms. The summed E-state index contributed by atoms with van der Waals surface area (Å²) in [6.45, 7) is 4.25. The van der Waals surface area contributed by atoms with Crippen molar-refractivity contribution in [2.75, 3.05) is 13.2 Å². The van der Waals surface area contributed by atoms with Crippen LogP contribution in [0.3, 0.4) is 0 Å². The van der Waals surface area contributed by atoms with Gasteiger partial charge in [-0.1, -0.05) is 17.7 Å². The maximum atomic E-state index is 8.82. The zero-order chi connectivity index (χ0) is 9.40. The van der Waals surface area contributed by atoms with Crippen LogP contribution in [0, 0.1) is 0 Å². The molecule has 12 heavy (non-hydrogen) atoms. The molecule has 2 nitrogen and oxygen atoms in total. The first-order valence-electron chi connectivity index (χ1n) is 4.23. The fourth-order valence-electron chi connectivity index (χ4n) is 0.851. The second-order valence-electron chi connectivity index (χ2n) is 3.01. The van der Waals surface area contributed by atoms with Gasteiger partial charge in [0.05, 0.1) is 6.61 Å². The molecule has 2 N–H and O–H groups in total. The molecule has 0 aromatic carbocycles. The highest BCUT2D eigenvalue weighted by atomic mass is 16.3. The fourth-order valence-corrected chi connectivity index (χ4v) is 0.851. The minimum absolute atomic E-state index is 0.0527. The maximum absolute atomic E-state index is 8.82. The molecule has 0 aliphatic rings. The molecule has 0 unspecified atom stereocenters. The van der Waals surface area contributed by atoms with Crippen LogP contribution in [0.25, 0.3) is 0 Å². The Bertz CT molecular complexity index is 165. The largest absolute Gasteiger partial charge is 0.396 e. The van der Waals surface area contributed by atoms with Gasteiger partial charge in [0.25, 0.3) is 0 Å². The Morgan fingerprint density at radius 1 is 1.17 bits per heavy atom. The lowest BCUT2D eigenvalue weighted by molar-refractivity contribution is 0.278. The van der Waals surface area contributed by atoms with E-state index >= 15 is 0 Å². The first kappa shape index (κ1) is 11.4. The molecule has 70 valence electrons. The SMILES string of the molecule is CC(C)=CC/C=C(/CO)CCO.